The average Bonchev–Trinajstić information content (AvgIpc) is 2.42. The zero-order chi connectivity index (χ0) is 13.7. The van der Waals surface area contributed by atoms with Crippen molar-refractivity contribution in [1.82, 2.24) is 4.83 Å². The van der Waals surface area contributed by atoms with Gasteiger partial charge in [-0.1, -0.05) is 42.5 Å². The molecule has 2 aromatic rings. The third-order valence-electron chi connectivity index (χ3n) is 2.62. The minimum atomic E-state index is -3.59. The molecule has 2 aromatic carbocycles. The van der Waals surface area contributed by atoms with Crippen LogP contribution in [0.25, 0.3) is 0 Å². The smallest absolute Gasteiger partial charge is 0.200 e. The van der Waals surface area contributed by atoms with Gasteiger partial charge in [-0.25, -0.2) is 4.83 Å². The van der Waals surface area contributed by atoms with Crippen LogP contribution in [0.1, 0.15) is 11.1 Å². The summed E-state index contributed by atoms with van der Waals surface area (Å²) in [6, 6.07) is 15.7. The summed E-state index contributed by atoms with van der Waals surface area (Å²) in [6.45, 7) is 1.94. The monoisotopic (exact) mass is 274 g/mol. The number of aryl methyl sites for hydroxylation is 1. The highest BCUT2D eigenvalue weighted by atomic mass is 32.2. The molecular weight excluding hydrogens is 260 g/mol. The van der Waals surface area contributed by atoms with Gasteiger partial charge in [0.2, 0.25) is 0 Å². The number of hydrogen-bond acceptors (Lipinski definition) is 3. The van der Waals surface area contributed by atoms with Gasteiger partial charge in [0.25, 0.3) is 10.0 Å². The van der Waals surface area contributed by atoms with Crippen molar-refractivity contribution in [3.05, 3.63) is 65.7 Å². The van der Waals surface area contributed by atoms with E-state index in [4.69, 9.17) is 0 Å². The summed E-state index contributed by atoms with van der Waals surface area (Å²) in [4.78, 5) is 2.38. The van der Waals surface area contributed by atoms with Crippen LogP contribution in [-0.2, 0) is 10.0 Å². The Morgan fingerprint density at radius 3 is 2.32 bits per heavy atom. The molecule has 0 saturated heterocycles. The molecule has 0 radical (unpaired) electrons. The Morgan fingerprint density at radius 2 is 1.63 bits per heavy atom. The second-order valence-corrected chi connectivity index (χ2v) is 5.68. The highest BCUT2D eigenvalue weighted by Gasteiger charge is 2.10. The van der Waals surface area contributed by atoms with E-state index in [-0.39, 0.29) is 4.90 Å². The predicted octanol–water partition coefficient (Wildman–Crippen LogP) is 2.31. The van der Waals surface area contributed by atoms with E-state index in [1.165, 1.54) is 18.3 Å². The number of nitrogens with one attached hydrogen (secondary N) is 1. The van der Waals surface area contributed by atoms with E-state index in [2.05, 4.69) is 9.93 Å². The molecular formula is C14H14N2O2S. The van der Waals surface area contributed by atoms with Crippen LogP contribution in [0, 0.1) is 6.92 Å². The molecule has 2 rings (SSSR count). The standard InChI is InChI=1S/C14H14N2O2S/c1-12-7-5-6-8-13(12)11-15-16-19(17,18)14-9-3-2-4-10-14/h2-11,16H,1H3/b15-11-. The fourth-order valence-corrected chi connectivity index (χ4v) is 2.36. The van der Waals surface area contributed by atoms with E-state index < -0.39 is 10.0 Å². The van der Waals surface area contributed by atoms with E-state index in [0.717, 1.165) is 11.1 Å². The molecule has 0 bridgehead atoms. The SMILES string of the molecule is Cc1ccccc1/C=N\NS(=O)(=O)c1ccccc1. The molecule has 0 heterocycles. The van der Waals surface area contributed by atoms with Crippen molar-refractivity contribution in [3.8, 4) is 0 Å². The molecule has 19 heavy (non-hydrogen) atoms. The van der Waals surface area contributed by atoms with Crippen LogP contribution < -0.4 is 4.83 Å². The Hall–Kier alpha value is -2.14. The zero-order valence-corrected chi connectivity index (χ0v) is 11.3. The number of benzene rings is 2. The first-order valence-electron chi connectivity index (χ1n) is 5.75. The molecule has 0 amide bonds. The molecule has 0 aliphatic carbocycles. The quantitative estimate of drug-likeness (QED) is 0.687. The maximum Gasteiger partial charge on any atom is 0.276 e. The Morgan fingerprint density at radius 1 is 1.00 bits per heavy atom. The van der Waals surface area contributed by atoms with Gasteiger partial charge >= 0.3 is 0 Å². The van der Waals surface area contributed by atoms with E-state index in [0.29, 0.717) is 0 Å². The summed E-state index contributed by atoms with van der Waals surface area (Å²) >= 11 is 0. The second-order valence-electron chi connectivity index (χ2n) is 4.02. The van der Waals surface area contributed by atoms with Gasteiger partial charge < -0.3 is 0 Å². The molecule has 0 unspecified atom stereocenters. The number of rotatable bonds is 4. The Kier molecular flexibility index (Phi) is 3.97. The average molecular weight is 274 g/mol. The lowest BCUT2D eigenvalue weighted by molar-refractivity contribution is 0.584. The van der Waals surface area contributed by atoms with Crippen molar-refractivity contribution < 1.29 is 8.42 Å². The zero-order valence-electron chi connectivity index (χ0n) is 10.4. The van der Waals surface area contributed by atoms with Crippen LogP contribution in [0.4, 0.5) is 0 Å². The van der Waals surface area contributed by atoms with Gasteiger partial charge in [-0.3, -0.25) is 0 Å². The largest absolute Gasteiger partial charge is 0.276 e. The summed E-state index contributed by atoms with van der Waals surface area (Å²) in [5, 5.41) is 3.79. The lowest BCUT2D eigenvalue weighted by Crippen LogP contribution is -2.18. The number of hydrazone groups is 1. The van der Waals surface area contributed by atoms with E-state index in [1.807, 2.05) is 31.2 Å². The minimum absolute atomic E-state index is 0.192. The van der Waals surface area contributed by atoms with Crippen molar-refractivity contribution in [1.29, 1.82) is 0 Å². The highest BCUT2D eigenvalue weighted by Crippen LogP contribution is 2.07. The molecule has 0 aliphatic heterocycles. The van der Waals surface area contributed by atoms with Crippen LogP contribution in [-0.4, -0.2) is 14.6 Å². The Bertz CT molecular complexity index is 680. The predicted molar refractivity (Wildman–Crippen MR) is 75.5 cm³/mol. The van der Waals surface area contributed by atoms with Gasteiger partial charge in [0, 0.05) is 0 Å². The second kappa shape index (κ2) is 5.67. The van der Waals surface area contributed by atoms with Crippen LogP contribution in [0.5, 0.6) is 0 Å². The topological polar surface area (TPSA) is 58.5 Å². The minimum Gasteiger partial charge on any atom is -0.200 e. The molecule has 5 heteroatoms. The van der Waals surface area contributed by atoms with Crippen molar-refractivity contribution in [2.24, 2.45) is 5.10 Å². The first-order valence-corrected chi connectivity index (χ1v) is 7.23. The summed E-state index contributed by atoms with van der Waals surface area (Å²) in [5.41, 5.74) is 1.91. The van der Waals surface area contributed by atoms with Crippen LogP contribution >= 0.6 is 0 Å². The van der Waals surface area contributed by atoms with Crippen LogP contribution in [0.2, 0.25) is 0 Å². The molecule has 0 fully saturated rings. The van der Waals surface area contributed by atoms with Crippen LogP contribution in [0.3, 0.4) is 0 Å². The van der Waals surface area contributed by atoms with Gasteiger partial charge in [-0.15, -0.1) is 0 Å². The molecule has 0 atom stereocenters. The summed E-state index contributed by atoms with van der Waals surface area (Å²) in [5.74, 6) is 0. The Labute approximate surface area is 112 Å². The van der Waals surface area contributed by atoms with Crippen molar-refractivity contribution in [2.75, 3.05) is 0 Å². The van der Waals surface area contributed by atoms with Gasteiger partial charge in [-0.05, 0) is 30.2 Å². The van der Waals surface area contributed by atoms with Gasteiger partial charge in [0.15, 0.2) is 0 Å². The molecule has 0 saturated carbocycles. The fourth-order valence-electron chi connectivity index (χ4n) is 1.55. The maximum absolute atomic E-state index is 11.9. The molecule has 1 N–H and O–H groups in total. The third-order valence-corrected chi connectivity index (χ3v) is 3.86. The summed E-state index contributed by atoms with van der Waals surface area (Å²) < 4.78 is 23.8. The van der Waals surface area contributed by atoms with E-state index >= 15 is 0 Å². The summed E-state index contributed by atoms with van der Waals surface area (Å²) in [6.07, 6.45) is 1.50. The lowest BCUT2D eigenvalue weighted by Gasteiger charge is -2.03. The summed E-state index contributed by atoms with van der Waals surface area (Å²) in [7, 11) is -3.59. The fraction of sp³-hybridized carbons (Fsp3) is 0.0714. The molecule has 98 valence electrons. The van der Waals surface area contributed by atoms with Crippen molar-refractivity contribution in [3.63, 3.8) is 0 Å². The van der Waals surface area contributed by atoms with Gasteiger partial charge in [-0.2, -0.15) is 13.5 Å². The van der Waals surface area contributed by atoms with Crippen molar-refractivity contribution >= 4 is 16.2 Å². The molecule has 0 spiro atoms. The number of nitrogens with zero attached hydrogens (tertiary/aromatic N) is 1. The highest BCUT2D eigenvalue weighted by molar-refractivity contribution is 7.89. The molecule has 0 aliphatic rings. The number of hydrogen-bond donors (Lipinski definition) is 1. The van der Waals surface area contributed by atoms with E-state index in [1.54, 1.807) is 18.2 Å². The van der Waals surface area contributed by atoms with Gasteiger partial charge in [0.1, 0.15) is 0 Å². The van der Waals surface area contributed by atoms with Gasteiger partial charge in [0.05, 0.1) is 11.1 Å². The Balaban J connectivity index is 2.13. The first-order chi connectivity index (χ1) is 9.09. The first kappa shape index (κ1) is 13.3. The number of sulfonamides is 1. The van der Waals surface area contributed by atoms with E-state index in [9.17, 15) is 8.42 Å². The van der Waals surface area contributed by atoms with Crippen molar-refractivity contribution in [2.45, 2.75) is 11.8 Å². The lowest BCUT2D eigenvalue weighted by atomic mass is 10.1. The molecule has 0 aromatic heterocycles. The normalized spacial score (nSPS) is 11.6. The third kappa shape index (κ3) is 3.42. The van der Waals surface area contributed by atoms with Crippen LogP contribution in [0.15, 0.2) is 64.6 Å². The molecule has 4 nitrogen and oxygen atoms in total. The maximum atomic E-state index is 11.9.